The highest BCUT2D eigenvalue weighted by atomic mass is 35.5. The highest BCUT2D eigenvalue weighted by Gasteiger charge is 2.17. The predicted octanol–water partition coefficient (Wildman–Crippen LogP) is 2.29. The van der Waals surface area contributed by atoms with Gasteiger partial charge in [0.1, 0.15) is 18.9 Å². The summed E-state index contributed by atoms with van der Waals surface area (Å²) in [7, 11) is 1.76. The SMILES string of the molecule is C[NH+](CCOc1ccc(Cl)cc1)CC(=O)Nc1ccc(F)c(F)c1F. The lowest BCUT2D eigenvalue weighted by molar-refractivity contribution is -0.871. The smallest absolute Gasteiger partial charge is 0.279 e. The van der Waals surface area contributed by atoms with E-state index in [1.54, 1.807) is 31.3 Å². The molecule has 0 bridgehead atoms. The molecule has 25 heavy (non-hydrogen) atoms. The van der Waals surface area contributed by atoms with Gasteiger partial charge >= 0.3 is 0 Å². The van der Waals surface area contributed by atoms with Gasteiger partial charge in [-0.25, -0.2) is 13.2 Å². The van der Waals surface area contributed by atoms with Gasteiger partial charge in [-0.15, -0.1) is 0 Å². The quantitative estimate of drug-likeness (QED) is 0.731. The number of hydrogen-bond acceptors (Lipinski definition) is 2. The number of carbonyl (C=O) groups excluding carboxylic acids is 1. The van der Waals surface area contributed by atoms with E-state index in [2.05, 4.69) is 5.32 Å². The normalized spacial score (nSPS) is 11.9. The number of halogens is 4. The van der Waals surface area contributed by atoms with Crippen molar-refractivity contribution in [2.24, 2.45) is 0 Å². The number of hydrogen-bond donors (Lipinski definition) is 2. The van der Waals surface area contributed by atoms with E-state index in [1.165, 1.54) is 0 Å². The molecule has 2 aromatic rings. The molecule has 0 aliphatic heterocycles. The van der Waals surface area contributed by atoms with Crippen LogP contribution in [0.4, 0.5) is 18.9 Å². The Kier molecular flexibility index (Phi) is 6.66. The molecule has 0 aromatic heterocycles. The van der Waals surface area contributed by atoms with E-state index in [1.807, 2.05) is 0 Å². The molecule has 134 valence electrons. The van der Waals surface area contributed by atoms with E-state index in [4.69, 9.17) is 16.3 Å². The van der Waals surface area contributed by atoms with Crippen molar-refractivity contribution in [1.82, 2.24) is 0 Å². The van der Waals surface area contributed by atoms with Gasteiger partial charge in [-0.1, -0.05) is 11.6 Å². The lowest BCUT2D eigenvalue weighted by Gasteiger charge is -2.14. The number of anilines is 1. The second-order valence-electron chi connectivity index (χ2n) is 5.46. The first-order chi connectivity index (χ1) is 11.9. The van der Waals surface area contributed by atoms with E-state index in [0.29, 0.717) is 23.9 Å². The van der Waals surface area contributed by atoms with Crippen molar-refractivity contribution in [2.45, 2.75) is 0 Å². The minimum absolute atomic E-state index is 0.0163. The summed E-state index contributed by atoms with van der Waals surface area (Å²) in [4.78, 5) is 12.7. The first-order valence-electron chi connectivity index (χ1n) is 7.50. The number of nitrogens with one attached hydrogen (secondary N) is 2. The fourth-order valence-corrected chi connectivity index (χ4v) is 2.18. The highest BCUT2D eigenvalue weighted by molar-refractivity contribution is 6.30. The van der Waals surface area contributed by atoms with Crippen LogP contribution in [0.2, 0.25) is 5.02 Å². The molecule has 0 saturated carbocycles. The van der Waals surface area contributed by atoms with Crippen LogP contribution in [-0.2, 0) is 4.79 Å². The Bertz CT molecular complexity index is 741. The summed E-state index contributed by atoms with van der Waals surface area (Å²) < 4.78 is 45.0. The van der Waals surface area contributed by atoms with Crippen LogP contribution in [0.5, 0.6) is 5.75 Å². The molecule has 8 heteroatoms. The fourth-order valence-electron chi connectivity index (χ4n) is 2.05. The summed E-state index contributed by atoms with van der Waals surface area (Å²) in [5.74, 6) is -4.20. The molecule has 1 atom stereocenters. The van der Waals surface area contributed by atoms with Crippen molar-refractivity contribution >= 4 is 23.2 Å². The maximum Gasteiger partial charge on any atom is 0.279 e. The van der Waals surface area contributed by atoms with E-state index in [-0.39, 0.29) is 6.54 Å². The Morgan fingerprint density at radius 2 is 1.80 bits per heavy atom. The monoisotopic (exact) mass is 373 g/mol. The Morgan fingerprint density at radius 3 is 2.48 bits per heavy atom. The third-order valence-corrected chi connectivity index (χ3v) is 3.63. The number of quaternary nitrogens is 1. The van der Waals surface area contributed by atoms with Crippen molar-refractivity contribution in [3.8, 4) is 5.75 Å². The molecule has 0 saturated heterocycles. The van der Waals surface area contributed by atoms with Gasteiger partial charge in [0.2, 0.25) is 0 Å². The molecule has 2 N–H and O–H groups in total. The third-order valence-electron chi connectivity index (χ3n) is 3.38. The number of likely N-dealkylation sites (N-methyl/N-ethyl adjacent to an activating group) is 1. The van der Waals surface area contributed by atoms with Crippen molar-refractivity contribution in [1.29, 1.82) is 0 Å². The van der Waals surface area contributed by atoms with Gasteiger partial charge in [0.25, 0.3) is 5.91 Å². The van der Waals surface area contributed by atoms with Gasteiger partial charge in [0.15, 0.2) is 24.0 Å². The maximum atomic E-state index is 13.5. The van der Waals surface area contributed by atoms with Gasteiger partial charge in [0, 0.05) is 5.02 Å². The average molecular weight is 374 g/mol. The standard InChI is InChI=1S/C17H16ClF3N2O2/c1-23(8-9-25-12-4-2-11(18)3-5-12)10-15(24)22-14-7-6-13(19)16(20)17(14)21/h2-7H,8-10H2,1H3,(H,22,24)/p+1. The predicted molar refractivity (Wildman–Crippen MR) is 88.5 cm³/mol. The number of amides is 1. The van der Waals surface area contributed by atoms with Gasteiger partial charge in [-0.2, -0.15) is 0 Å². The topological polar surface area (TPSA) is 42.8 Å². The summed E-state index contributed by atoms with van der Waals surface area (Å²) >= 11 is 5.77. The lowest BCUT2D eigenvalue weighted by Crippen LogP contribution is -3.10. The molecule has 0 radical (unpaired) electrons. The lowest BCUT2D eigenvalue weighted by atomic mass is 10.2. The van der Waals surface area contributed by atoms with Crippen molar-refractivity contribution in [2.75, 3.05) is 32.1 Å². The zero-order valence-corrected chi connectivity index (χ0v) is 14.2. The largest absolute Gasteiger partial charge is 0.488 e. The molecule has 0 spiro atoms. The van der Waals surface area contributed by atoms with Gasteiger partial charge in [0.05, 0.1) is 12.7 Å². The zero-order valence-electron chi connectivity index (χ0n) is 13.4. The molecule has 4 nitrogen and oxygen atoms in total. The van der Waals surface area contributed by atoms with Gasteiger partial charge in [-0.05, 0) is 36.4 Å². The van der Waals surface area contributed by atoms with Crippen molar-refractivity contribution in [3.63, 3.8) is 0 Å². The number of benzene rings is 2. The molecule has 0 aliphatic rings. The Labute approximate surface area is 148 Å². The molecule has 1 amide bonds. The molecule has 0 fully saturated rings. The maximum absolute atomic E-state index is 13.5. The number of ether oxygens (including phenoxy) is 1. The van der Waals surface area contributed by atoms with Crippen LogP contribution in [0.1, 0.15) is 0 Å². The van der Waals surface area contributed by atoms with Crippen molar-refractivity contribution in [3.05, 3.63) is 58.9 Å². The van der Waals surface area contributed by atoms with E-state index >= 15 is 0 Å². The second kappa shape index (κ2) is 8.73. The molecule has 2 rings (SSSR count). The number of rotatable bonds is 7. The summed E-state index contributed by atoms with van der Waals surface area (Å²) in [5.41, 5.74) is -0.394. The van der Waals surface area contributed by atoms with Crippen LogP contribution in [0.3, 0.4) is 0 Å². The van der Waals surface area contributed by atoms with Crippen molar-refractivity contribution < 1.29 is 27.6 Å². The van der Waals surface area contributed by atoms with Crippen LogP contribution in [-0.4, -0.2) is 32.7 Å². The minimum atomic E-state index is -1.62. The molecular weight excluding hydrogens is 357 g/mol. The first kappa shape index (κ1) is 19.1. The van der Waals surface area contributed by atoms with E-state index in [0.717, 1.165) is 17.0 Å². The van der Waals surface area contributed by atoms with Crippen LogP contribution < -0.4 is 15.0 Å². The fraction of sp³-hybridized carbons (Fsp3) is 0.235. The number of carbonyl (C=O) groups is 1. The van der Waals surface area contributed by atoms with Gasteiger partial charge < -0.3 is 15.0 Å². The van der Waals surface area contributed by atoms with Gasteiger partial charge in [-0.3, -0.25) is 4.79 Å². The second-order valence-corrected chi connectivity index (χ2v) is 5.89. The average Bonchev–Trinajstić information content (AvgIpc) is 2.57. The van der Waals surface area contributed by atoms with Crippen LogP contribution in [0, 0.1) is 17.5 Å². The van der Waals surface area contributed by atoms with Crippen LogP contribution >= 0.6 is 11.6 Å². The van der Waals surface area contributed by atoms with Crippen LogP contribution in [0.15, 0.2) is 36.4 Å². The Morgan fingerprint density at radius 1 is 1.12 bits per heavy atom. The third kappa shape index (κ3) is 5.65. The summed E-state index contributed by atoms with van der Waals surface area (Å²) in [6.45, 7) is 0.888. The Balaban J connectivity index is 1.78. The zero-order chi connectivity index (χ0) is 18.4. The summed E-state index contributed by atoms with van der Waals surface area (Å²) in [5, 5.41) is 2.83. The van der Waals surface area contributed by atoms with E-state index < -0.39 is 29.0 Å². The van der Waals surface area contributed by atoms with E-state index in [9.17, 15) is 18.0 Å². The molecule has 1 unspecified atom stereocenters. The van der Waals surface area contributed by atoms with Crippen LogP contribution in [0.25, 0.3) is 0 Å². The minimum Gasteiger partial charge on any atom is -0.488 e. The summed E-state index contributed by atoms with van der Waals surface area (Å²) in [6.07, 6.45) is 0. The highest BCUT2D eigenvalue weighted by Crippen LogP contribution is 2.19. The molecule has 2 aromatic carbocycles. The first-order valence-corrected chi connectivity index (χ1v) is 7.87. The summed E-state index contributed by atoms with van der Waals surface area (Å²) in [6, 6.07) is 8.61. The molecule has 0 heterocycles. The molecule has 0 aliphatic carbocycles. The Hall–Kier alpha value is -2.25. The molecular formula is C17H17ClF3N2O2+.